The predicted molar refractivity (Wildman–Crippen MR) is 208 cm³/mol. The molecule has 0 N–H and O–H groups in total. The Hall–Kier alpha value is -6.44. The van der Waals surface area contributed by atoms with Crippen LogP contribution < -0.4 is 0 Å². The molecular formula is C48H30O. The summed E-state index contributed by atoms with van der Waals surface area (Å²) >= 11 is 0. The molecule has 1 heterocycles. The summed E-state index contributed by atoms with van der Waals surface area (Å²) in [5.41, 5.74) is 3.54. The standard InChI is InChI=1S/C48H30O/c1-2-12-33(13-3-1)38-19-10-20-44-39-28-27-37(30-45(39)49-48(38)44)47-42-17-8-6-15-40(42)46(41-16-7-9-18-43(41)47)34-24-21-32(22-25-34)36-26-23-31-11-4-5-14-35(31)29-36/h1-30H/i1D,2D,3D,10D,12D,13D,19D,20D,27D,28D,30D. The number of hydrogen-bond acceptors (Lipinski definition) is 1. The van der Waals surface area contributed by atoms with Gasteiger partial charge in [-0.25, -0.2) is 0 Å². The van der Waals surface area contributed by atoms with Crippen molar-refractivity contribution in [3.63, 3.8) is 0 Å². The Morgan fingerprint density at radius 3 is 1.71 bits per heavy atom. The van der Waals surface area contributed by atoms with Gasteiger partial charge in [0.25, 0.3) is 0 Å². The number of furan rings is 1. The van der Waals surface area contributed by atoms with Crippen LogP contribution in [-0.2, 0) is 0 Å². The first-order valence-corrected chi connectivity index (χ1v) is 15.9. The first-order valence-electron chi connectivity index (χ1n) is 21.4. The lowest BCUT2D eigenvalue weighted by Crippen LogP contribution is -1.91. The molecule has 0 aliphatic carbocycles. The summed E-state index contributed by atoms with van der Waals surface area (Å²) in [6.45, 7) is 0. The molecule has 1 aromatic heterocycles. The molecule has 0 amide bonds. The second kappa shape index (κ2) is 11.1. The van der Waals surface area contributed by atoms with Crippen LogP contribution >= 0.6 is 0 Å². The lowest BCUT2D eigenvalue weighted by Gasteiger charge is -2.18. The lowest BCUT2D eigenvalue weighted by atomic mass is 9.85. The van der Waals surface area contributed by atoms with Gasteiger partial charge in [-0.05, 0) is 89.4 Å². The van der Waals surface area contributed by atoms with Crippen molar-refractivity contribution in [2.45, 2.75) is 0 Å². The molecule has 0 unspecified atom stereocenters. The van der Waals surface area contributed by atoms with Gasteiger partial charge in [0.2, 0.25) is 0 Å². The summed E-state index contributed by atoms with van der Waals surface area (Å²) in [7, 11) is 0. The van der Waals surface area contributed by atoms with Crippen LogP contribution in [-0.4, -0.2) is 0 Å². The van der Waals surface area contributed by atoms with Gasteiger partial charge in [0, 0.05) is 16.3 Å². The van der Waals surface area contributed by atoms with Crippen LogP contribution in [0.2, 0.25) is 0 Å². The highest BCUT2D eigenvalue weighted by Crippen LogP contribution is 2.45. The van der Waals surface area contributed by atoms with Crippen LogP contribution in [0.25, 0.3) is 98.8 Å². The summed E-state index contributed by atoms with van der Waals surface area (Å²) in [4.78, 5) is 0. The molecule has 0 atom stereocenters. The largest absolute Gasteiger partial charge is 0.455 e. The molecule has 0 saturated carbocycles. The predicted octanol–water partition coefficient (Wildman–Crippen LogP) is 13.7. The van der Waals surface area contributed by atoms with Crippen LogP contribution in [0, 0.1) is 0 Å². The van der Waals surface area contributed by atoms with Crippen LogP contribution in [0.3, 0.4) is 0 Å². The third-order valence-electron chi connectivity index (χ3n) is 9.25. The third kappa shape index (κ3) is 4.47. The molecule has 10 rings (SSSR count). The molecule has 10 aromatic rings. The van der Waals surface area contributed by atoms with Gasteiger partial charge in [-0.15, -0.1) is 0 Å². The molecule has 228 valence electrons. The topological polar surface area (TPSA) is 13.1 Å². The summed E-state index contributed by atoms with van der Waals surface area (Å²) in [6, 6.07) is 32.6. The maximum Gasteiger partial charge on any atom is 0.143 e. The number of benzene rings is 9. The van der Waals surface area contributed by atoms with Gasteiger partial charge in [-0.2, -0.15) is 0 Å². The molecule has 1 nitrogen and oxygen atoms in total. The molecule has 9 aromatic carbocycles. The number of rotatable bonds is 4. The monoisotopic (exact) mass is 633 g/mol. The van der Waals surface area contributed by atoms with Crippen molar-refractivity contribution in [1.82, 2.24) is 0 Å². The minimum atomic E-state index is -0.655. The van der Waals surface area contributed by atoms with E-state index < -0.39 is 53.9 Å². The molecule has 0 fully saturated rings. The molecular weight excluding hydrogens is 593 g/mol. The third-order valence-corrected chi connectivity index (χ3v) is 9.25. The Bertz CT molecular complexity index is 3410. The number of hydrogen-bond donors (Lipinski definition) is 0. The number of fused-ring (bicyclic) bond motifs is 6. The summed E-state index contributed by atoms with van der Waals surface area (Å²) in [5.74, 6) is 0. The normalized spacial score (nSPS) is 14.8. The first kappa shape index (κ1) is 18.8. The van der Waals surface area contributed by atoms with E-state index in [1.54, 1.807) is 0 Å². The van der Waals surface area contributed by atoms with Crippen LogP contribution in [0.4, 0.5) is 0 Å². The zero-order valence-corrected chi connectivity index (χ0v) is 25.9. The van der Waals surface area contributed by atoms with Gasteiger partial charge in [-0.3, -0.25) is 0 Å². The Labute approximate surface area is 299 Å². The highest BCUT2D eigenvalue weighted by atomic mass is 16.3. The Morgan fingerprint density at radius 2 is 1.00 bits per heavy atom. The van der Waals surface area contributed by atoms with Crippen molar-refractivity contribution in [1.29, 1.82) is 0 Å². The fraction of sp³-hybridized carbons (Fsp3) is 0. The van der Waals surface area contributed by atoms with Crippen molar-refractivity contribution in [2.75, 3.05) is 0 Å². The van der Waals surface area contributed by atoms with Crippen LogP contribution in [0.5, 0.6) is 0 Å². The average molecular weight is 634 g/mol. The van der Waals surface area contributed by atoms with E-state index in [0.717, 1.165) is 49.2 Å². The molecule has 0 aliphatic heterocycles. The van der Waals surface area contributed by atoms with Gasteiger partial charge in [-0.1, -0.05) is 164 Å². The molecule has 0 aliphatic rings. The van der Waals surface area contributed by atoms with Crippen LogP contribution in [0.1, 0.15) is 15.1 Å². The minimum absolute atomic E-state index is 0.102. The van der Waals surface area contributed by atoms with E-state index in [4.69, 9.17) is 15.4 Å². The van der Waals surface area contributed by atoms with Gasteiger partial charge in [0.15, 0.2) is 0 Å². The summed E-state index contributed by atoms with van der Waals surface area (Å²) in [5, 5.41) is 5.24. The molecule has 0 spiro atoms. The second-order valence-corrected chi connectivity index (χ2v) is 12.0. The van der Waals surface area contributed by atoms with E-state index in [1.807, 2.05) is 60.7 Å². The quantitative estimate of drug-likeness (QED) is 0.176. The fourth-order valence-corrected chi connectivity index (χ4v) is 7.00. The van der Waals surface area contributed by atoms with Gasteiger partial charge >= 0.3 is 0 Å². The molecule has 0 saturated heterocycles. The Kier molecular flexibility index (Phi) is 4.25. The smallest absolute Gasteiger partial charge is 0.143 e. The van der Waals surface area contributed by atoms with E-state index in [-0.39, 0.29) is 51.2 Å². The fourth-order valence-electron chi connectivity index (χ4n) is 7.00. The summed E-state index contributed by atoms with van der Waals surface area (Å²) < 4.78 is 103. The van der Waals surface area contributed by atoms with Crippen molar-refractivity contribution >= 4 is 54.3 Å². The molecule has 49 heavy (non-hydrogen) atoms. The van der Waals surface area contributed by atoms with Crippen molar-refractivity contribution in [3.8, 4) is 44.5 Å². The van der Waals surface area contributed by atoms with E-state index in [1.165, 1.54) is 5.39 Å². The zero-order valence-electron chi connectivity index (χ0n) is 36.9. The van der Waals surface area contributed by atoms with E-state index in [2.05, 4.69) is 54.6 Å². The highest BCUT2D eigenvalue weighted by molar-refractivity contribution is 6.22. The van der Waals surface area contributed by atoms with Crippen LogP contribution in [0.15, 0.2) is 186 Å². The SMILES string of the molecule is [2H]c1c([2H])c([2H])c(-c2c([2H])c([2H])c([2H])c3c2oc2c([2H])c(-c4c5ccccc5c(-c5ccc(-c6ccc7ccccc7c6)cc5)c5ccccc45)c([2H])c([2H])c23)c([2H])c1[2H]. The second-order valence-electron chi connectivity index (χ2n) is 12.0. The first-order chi connectivity index (χ1) is 28.9. The molecule has 0 radical (unpaired) electrons. The van der Waals surface area contributed by atoms with E-state index in [9.17, 15) is 4.11 Å². The van der Waals surface area contributed by atoms with E-state index >= 15 is 0 Å². The molecule has 0 bridgehead atoms. The zero-order chi connectivity index (χ0) is 41.9. The Balaban J connectivity index is 1.24. The summed E-state index contributed by atoms with van der Waals surface area (Å²) in [6.07, 6.45) is 0. The van der Waals surface area contributed by atoms with Crippen molar-refractivity contribution in [2.24, 2.45) is 0 Å². The van der Waals surface area contributed by atoms with Gasteiger partial charge < -0.3 is 4.42 Å². The maximum atomic E-state index is 9.69. The van der Waals surface area contributed by atoms with Crippen molar-refractivity contribution in [3.05, 3.63) is 182 Å². The van der Waals surface area contributed by atoms with Crippen molar-refractivity contribution < 1.29 is 19.5 Å². The highest BCUT2D eigenvalue weighted by Gasteiger charge is 2.18. The minimum Gasteiger partial charge on any atom is -0.455 e. The molecule has 1 heteroatoms. The average Bonchev–Trinajstić information content (AvgIpc) is 3.68. The van der Waals surface area contributed by atoms with Gasteiger partial charge in [0.1, 0.15) is 11.2 Å². The van der Waals surface area contributed by atoms with Gasteiger partial charge in [0.05, 0.1) is 15.1 Å². The maximum absolute atomic E-state index is 9.69. The Morgan fingerprint density at radius 1 is 0.388 bits per heavy atom. The lowest BCUT2D eigenvalue weighted by molar-refractivity contribution is 0.670. The number of para-hydroxylation sites is 1. The van der Waals surface area contributed by atoms with E-state index in [0.29, 0.717) is 5.56 Å².